The second-order valence-corrected chi connectivity index (χ2v) is 5.45. The molecule has 0 aromatic carbocycles. The van der Waals surface area contributed by atoms with Crippen LogP contribution in [0.1, 0.15) is 53.4 Å². The molecule has 0 radical (unpaired) electrons. The molecule has 0 heterocycles. The van der Waals surface area contributed by atoms with Gasteiger partial charge in [0.1, 0.15) is 0 Å². The first kappa shape index (κ1) is 10.0. The van der Waals surface area contributed by atoms with E-state index < -0.39 is 0 Å². The summed E-state index contributed by atoms with van der Waals surface area (Å²) in [6, 6.07) is 0. The maximum Gasteiger partial charge on any atom is 0.0675 e. The van der Waals surface area contributed by atoms with Crippen molar-refractivity contribution >= 4 is 0 Å². The molecular formula is C11H22O. The van der Waals surface area contributed by atoms with Crippen LogP contribution in [0.25, 0.3) is 0 Å². The van der Waals surface area contributed by atoms with E-state index in [9.17, 15) is 5.11 Å². The summed E-state index contributed by atoms with van der Waals surface area (Å²) >= 11 is 0. The van der Waals surface area contributed by atoms with Crippen molar-refractivity contribution in [1.29, 1.82) is 0 Å². The first-order valence-electron chi connectivity index (χ1n) is 5.08. The Hall–Kier alpha value is -0.0400. The van der Waals surface area contributed by atoms with Crippen molar-refractivity contribution < 1.29 is 5.11 Å². The molecule has 1 nitrogen and oxygen atoms in total. The van der Waals surface area contributed by atoms with E-state index in [1.54, 1.807) is 0 Å². The Morgan fingerprint density at radius 3 is 2.08 bits per heavy atom. The summed E-state index contributed by atoms with van der Waals surface area (Å²) in [7, 11) is 0. The van der Waals surface area contributed by atoms with Gasteiger partial charge in [0, 0.05) is 0 Å². The van der Waals surface area contributed by atoms with Gasteiger partial charge in [0.05, 0.1) is 5.60 Å². The molecule has 12 heavy (non-hydrogen) atoms. The van der Waals surface area contributed by atoms with Gasteiger partial charge in [-0.1, -0.05) is 34.1 Å². The van der Waals surface area contributed by atoms with Crippen molar-refractivity contribution in [3.8, 4) is 0 Å². The quantitative estimate of drug-likeness (QED) is 0.641. The summed E-state index contributed by atoms with van der Waals surface area (Å²) in [4.78, 5) is 0. The van der Waals surface area contributed by atoms with Crippen molar-refractivity contribution in [2.45, 2.75) is 59.0 Å². The minimum absolute atomic E-state index is 0.345. The topological polar surface area (TPSA) is 20.2 Å². The minimum Gasteiger partial charge on any atom is -0.390 e. The summed E-state index contributed by atoms with van der Waals surface area (Å²) in [6.45, 7) is 8.78. The van der Waals surface area contributed by atoms with Gasteiger partial charge in [-0.15, -0.1) is 0 Å². The van der Waals surface area contributed by atoms with Gasteiger partial charge in [-0.3, -0.25) is 0 Å². The lowest BCUT2D eigenvalue weighted by molar-refractivity contribution is -0.0729. The third kappa shape index (κ3) is 2.01. The van der Waals surface area contributed by atoms with E-state index in [-0.39, 0.29) is 5.60 Å². The van der Waals surface area contributed by atoms with Crippen LogP contribution >= 0.6 is 0 Å². The molecule has 0 aliphatic heterocycles. The molecular weight excluding hydrogens is 148 g/mol. The highest BCUT2D eigenvalue weighted by Crippen LogP contribution is 2.44. The number of hydrogen-bond acceptors (Lipinski definition) is 1. The molecule has 1 N–H and O–H groups in total. The van der Waals surface area contributed by atoms with E-state index >= 15 is 0 Å². The zero-order valence-electron chi connectivity index (χ0n) is 8.85. The average molecular weight is 170 g/mol. The van der Waals surface area contributed by atoms with E-state index in [1.165, 1.54) is 12.8 Å². The third-order valence-corrected chi connectivity index (χ3v) is 3.32. The van der Waals surface area contributed by atoms with Gasteiger partial charge < -0.3 is 5.11 Å². The summed E-state index contributed by atoms with van der Waals surface area (Å²) in [5, 5.41) is 10.3. The molecule has 1 atom stereocenters. The highest BCUT2D eigenvalue weighted by molar-refractivity contribution is 4.92. The Kier molecular flexibility index (Phi) is 2.53. The average Bonchev–Trinajstić information content (AvgIpc) is 1.83. The number of rotatable bonds is 1. The van der Waals surface area contributed by atoms with Crippen LogP contribution in [0, 0.1) is 11.3 Å². The molecule has 0 saturated heterocycles. The van der Waals surface area contributed by atoms with Crippen LogP contribution in [0.5, 0.6) is 0 Å². The summed E-state index contributed by atoms with van der Waals surface area (Å²) < 4.78 is 0. The van der Waals surface area contributed by atoms with Crippen molar-refractivity contribution in [3.05, 3.63) is 0 Å². The molecule has 1 rings (SSSR count). The van der Waals surface area contributed by atoms with Gasteiger partial charge >= 0.3 is 0 Å². The minimum atomic E-state index is -0.387. The monoisotopic (exact) mass is 170 g/mol. The van der Waals surface area contributed by atoms with Crippen LogP contribution < -0.4 is 0 Å². The molecule has 0 amide bonds. The highest BCUT2D eigenvalue weighted by Gasteiger charge is 2.40. The Bertz CT molecular complexity index is 160. The second-order valence-electron chi connectivity index (χ2n) is 5.45. The molecule has 1 saturated carbocycles. The molecule has 0 bridgehead atoms. The van der Waals surface area contributed by atoms with Gasteiger partial charge in [0.15, 0.2) is 0 Å². The zero-order valence-corrected chi connectivity index (χ0v) is 8.85. The fourth-order valence-electron chi connectivity index (χ4n) is 2.37. The van der Waals surface area contributed by atoms with Crippen molar-refractivity contribution in [3.63, 3.8) is 0 Å². The van der Waals surface area contributed by atoms with E-state index in [1.807, 2.05) is 0 Å². The van der Waals surface area contributed by atoms with Crippen LogP contribution in [0.4, 0.5) is 0 Å². The maximum absolute atomic E-state index is 10.3. The fraction of sp³-hybridized carbons (Fsp3) is 1.00. The molecule has 0 aromatic heterocycles. The lowest BCUT2D eigenvalue weighted by Crippen LogP contribution is -2.43. The summed E-state index contributed by atoms with van der Waals surface area (Å²) in [5.74, 6) is 0.400. The third-order valence-electron chi connectivity index (χ3n) is 3.32. The molecule has 72 valence electrons. The Morgan fingerprint density at radius 2 is 1.75 bits per heavy atom. The lowest BCUT2D eigenvalue weighted by atomic mass is 9.66. The van der Waals surface area contributed by atoms with Crippen LogP contribution in [0.3, 0.4) is 0 Å². The fourth-order valence-corrected chi connectivity index (χ4v) is 2.37. The van der Waals surface area contributed by atoms with Gasteiger partial charge in [-0.05, 0) is 30.6 Å². The Balaban J connectivity index is 2.68. The molecule has 1 fully saturated rings. The predicted molar refractivity (Wildman–Crippen MR) is 52.0 cm³/mol. The van der Waals surface area contributed by atoms with Gasteiger partial charge in [-0.2, -0.15) is 0 Å². The number of aliphatic hydroxyl groups is 1. The van der Waals surface area contributed by atoms with E-state index in [2.05, 4.69) is 27.7 Å². The van der Waals surface area contributed by atoms with Crippen molar-refractivity contribution in [1.82, 2.24) is 0 Å². The zero-order chi connectivity index (χ0) is 9.41. The van der Waals surface area contributed by atoms with Crippen LogP contribution in [0.15, 0.2) is 0 Å². The molecule has 1 aliphatic carbocycles. The van der Waals surface area contributed by atoms with E-state index in [4.69, 9.17) is 0 Å². The molecule has 1 unspecified atom stereocenters. The van der Waals surface area contributed by atoms with Crippen LogP contribution in [0.2, 0.25) is 0 Å². The van der Waals surface area contributed by atoms with E-state index in [0.29, 0.717) is 11.3 Å². The maximum atomic E-state index is 10.3. The Labute approximate surface area is 76.2 Å². The largest absolute Gasteiger partial charge is 0.390 e. The first-order chi connectivity index (χ1) is 5.36. The van der Waals surface area contributed by atoms with Crippen LogP contribution in [-0.2, 0) is 0 Å². The second kappa shape index (κ2) is 3.02. The van der Waals surface area contributed by atoms with Gasteiger partial charge in [-0.25, -0.2) is 0 Å². The predicted octanol–water partition coefficient (Wildman–Crippen LogP) is 2.97. The van der Waals surface area contributed by atoms with E-state index in [0.717, 1.165) is 12.8 Å². The Morgan fingerprint density at radius 1 is 1.17 bits per heavy atom. The van der Waals surface area contributed by atoms with Crippen LogP contribution in [-0.4, -0.2) is 10.7 Å². The van der Waals surface area contributed by atoms with Crippen molar-refractivity contribution in [2.24, 2.45) is 11.3 Å². The number of hydrogen-bond donors (Lipinski definition) is 1. The summed E-state index contributed by atoms with van der Waals surface area (Å²) in [6.07, 6.45) is 4.41. The molecule has 0 spiro atoms. The smallest absolute Gasteiger partial charge is 0.0675 e. The van der Waals surface area contributed by atoms with Gasteiger partial charge in [0.2, 0.25) is 0 Å². The SMILES string of the molecule is CC(C)C1(O)CCCC(C)(C)C1. The normalized spacial score (nSPS) is 35.5. The highest BCUT2D eigenvalue weighted by atomic mass is 16.3. The van der Waals surface area contributed by atoms with Gasteiger partial charge in [0.25, 0.3) is 0 Å². The standard InChI is InChI=1S/C11H22O/c1-9(2)11(12)7-5-6-10(3,4)8-11/h9,12H,5-8H2,1-4H3. The van der Waals surface area contributed by atoms with Crippen molar-refractivity contribution in [2.75, 3.05) is 0 Å². The lowest BCUT2D eigenvalue weighted by Gasteiger charge is -2.44. The molecule has 1 aliphatic rings. The molecule has 1 heteroatoms. The first-order valence-corrected chi connectivity index (χ1v) is 5.08. The summed E-state index contributed by atoms with van der Waals surface area (Å²) in [5.41, 5.74) is -0.0426. The molecule has 0 aromatic rings.